The summed E-state index contributed by atoms with van der Waals surface area (Å²) in [4.78, 5) is 0. The number of nitrogens with zero attached hydrogens (tertiary/aromatic N) is 1. The van der Waals surface area contributed by atoms with Crippen LogP contribution in [-0.4, -0.2) is 0 Å². The molecule has 0 saturated heterocycles. The maximum Gasteiger partial charge on any atom is 0.149 e. The molecular weight excluding hydrogens is 263 g/mol. The Bertz CT molecular complexity index is 360. The van der Waals surface area contributed by atoms with Gasteiger partial charge in [-0.1, -0.05) is 11.6 Å². The van der Waals surface area contributed by atoms with Crippen molar-refractivity contribution in [2.75, 3.05) is 0 Å². The molecule has 0 atom stereocenters. The largest absolute Gasteiger partial charge is 0.205 e. The highest BCUT2D eigenvalue weighted by Gasteiger charge is 2.15. The van der Waals surface area contributed by atoms with Crippen LogP contribution in [0.25, 0.3) is 0 Å². The van der Waals surface area contributed by atoms with Gasteiger partial charge in [0.1, 0.15) is 11.6 Å². The molecule has 0 aromatic heterocycles. The van der Waals surface area contributed by atoms with Crippen LogP contribution in [-0.2, 0) is 6.42 Å². The van der Waals surface area contributed by atoms with Gasteiger partial charge < -0.3 is 0 Å². The van der Waals surface area contributed by atoms with Gasteiger partial charge in [-0.05, 0) is 22.0 Å². The van der Waals surface area contributed by atoms with Crippen LogP contribution in [0.4, 0.5) is 8.78 Å². The molecule has 1 aromatic carbocycles. The van der Waals surface area contributed by atoms with Gasteiger partial charge in [0.2, 0.25) is 0 Å². The summed E-state index contributed by atoms with van der Waals surface area (Å²) < 4.78 is 26.3. The summed E-state index contributed by atoms with van der Waals surface area (Å²) in [6.07, 6.45) is -0.336. The van der Waals surface area contributed by atoms with Gasteiger partial charge in [0.25, 0.3) is 0 Å². The second-order valence-corrected chi connectivity index (χ2v) is 3.54. The quantitative estimate of drug-likeness (QED) is 0.714. The summed E-state index contributed by atoms with van der Waals surface area (Å²) in [5.41, 5.74) is -0.304. The van der Waals surface area contributed by atoms with Crippen molar-refractivity contribution in [3.8, 4) is 6.07 Å². The molecule has 0 heterocycles. The van der Waals surface area contributed by atoms with Crippen LogP contribution in [0.15, 0.2) is 10.5 Å². The Kier molecular flexibility index (Phi) is 3.23. The minimum atomic E-state index is -0.871. The first-order valence-corrected chi connectivity index (χ1v) is 4.43. The number of hydrogen-bond acceptors (Lipinski definition) is 1. The van der Waals surface area contributed by atoms with Crippen LogP contribution in [0.5, 0.6) is 0 Å². The molecule has 0 radical (unpaired) electrons. The van der Waals surface area contributed by atoms with E-state index in [4.69, 9.17) is 16.9 Å². The number of benzene rings is 1. The van der Waals surface area contributed by atoms with E-state index >= 15 is 0 Å². The lowest BCUT2D eigenvalue weighted by Crippen LogP contribution is -1.96. The summed E-state index contributed by atoms with van der Waals surface area (Å²) in [5.74, 6) is -1.65. The normalized spacial score (nSPS) is 9.77. The fourth-order valence-corrected chi connectivity index (χ4v) is 1.68. The molecule has 0 aliphatic heterocycles. The Labute approximate surface area is 87.1 Å². The number of hydrogen-bond donors (Lipinski definition) is 0. The summed E-state index contributed by atoms with van der Waals surface area (Å²) in [6.45, 7) is 0. The second-order valence-electron chi connectivity index (χ2n) is 2.28. The van der Waals surface area contributed by atoms with Gasteiger partial charge in [-0.15, -0.1) is 0 Å². The maximum absolute atomic E-state index is 13.1. The van der Waals surface area contributed by atoms with Gasteiger partial charge in [-0.25, -0.2) is 8.78 Å². The van der Waals surface area contributed by atoms with Gasteiger partial charge in [-0.2, -0.15) is 5.26 Å². The first-order chi connectivity index (χ1) is 6.07. The van der Waals surface area contributed by atoms with E-state index in [-0.39, 0.29) is 21.5 Å². The second kappa shape index (κ2) is 4.03. The highest BCUT2D eigenvalue weighted by Crippen LogP contribution is 2.28. The Balaban J connectivity index is 3.39. The summed E-state index contributed by atoms with van der Waals surface area (Å²) in [7, 11) is 0. The molecular formula is C8H3BrClF2N. The summed E-state index contributed by atoms with van der Waals surface area (Å²) in [5, 5.41) is 8.11. The van der Waals surface area contributed by atoms with Crippen LogP contribution in [0.2, 0.25) is 5.02 Å². The first-order valence-electron chi connectivity index (χ1n) is 3.26. The average Bonchev–Trinajstić information content (AvgIpc) is 2.09. The van der Waals surface area contributed by atoms with Crippen LogP contribution in [0.3, 0.4) is 0 Å². The minimum absolute atomic E-state index is 0.0594. The van der Waals surface area contributed by atoms with Gasteiger partial charge in [0.15, 0.2) is 0 Å². The van der Waals surface area contributed by atoms with Gasteiger partial charge >= 0.3 is 0 Å². The maximum atomic E-state index is 13.1. The zero-order valence-corrected chi connectivity index (χ0v) is 8.59. The Morgan fingerprint density at radius 1 is 1.46 bits per heavy atom. The van der Waals surface area contributed by atoms with Crippen molar-refractivity contribution in [1.29, 1.82) is 5.26 Å². The molecule has 68 valence electrons. The zero-order chi connectivity index (χ0) is 10.0. The van der Waals surface area contributed by atoms with Crippen molar-refractivity contribution in [1.82, 2.24) is 0 Å². The molecule has 0 N–H and O–H groups in total. The molecule has 0 fully saturated rings. The van der Waals surface area contributed by atoms with E-state index in [1.54, 1.807) is 6.07 Å². The lowest BCUT2D eigenvalue weighted by molar-refractivity contribution is 0.559. The van der Waals surface area contributed by atoms with E-state index in [1.807, 2.05) is 0 Å². The number of rotatable bonds is 1. The van der Waals surface area contributed by atoms with Crippen molar-refractivity contribution in [2.45, 2.75) is 6.42 Å². The van der Waals surface area contributed by atoms with E-state index in [1.165, 1.54) is 0 Å². The lowest BCUT2D eigenvalue weighted by Gasteiger charge is -2.04. The fraction of sp³-hybridized carbons (Fsp3) is 0.125. The lowest BCUT2D eigenvalue weighted by atomic mass is 10.1. The van der Waals surface area contributed by atoms with Crippen LogP contribution >= 0.6 is 27.5 Å². The molecule has 0 spiro atoms. The predicted octanol–water partition coefficient (Wildman–Crippen LogP) is 3.45. The average molecular weight is 266 g/mol. The SMILES string of the molecule is N#CCc1c(F)c(Cl)cc(Br)c1F. The molecule has 13 heavy (non-hydrogen) atoms. The molecule has 1 nitrogen and oxygen atoms in total. The fourth-order valence-electron chi connectivity index (χ4n) is 0.857. The standard InChI is InChI=1S/C8H3BrClF2N/c9-5-3-6(10)8(12)4(1-2-13)7(5)11/h3H,1H2. The Morgan fingerprint density at radius 2 is 2.08 bits per heavy atom. The van der Waals surface area contributed by atoms with Crippen molar-refractivity contribution in [3.63, 3.8) is 0 Å². The Morgan fingerprint density at radius 3 is 2.62 bits per heavy atom. The topological polar surface area (TPSA) is 23.8 Å². The molecule has 0 bridgehead atoms. The summed E-state index contributed by atoms with van der Waals surface area (Å²) >= 11 is 8.31. The number of nitriles is 1. The molecule has 1 rings (SSSR count). The van der Waals surface area contributed by atoms with Crippen molar-refractivity contribution in [3.05, 3.63) is 32.8 Å². The van der Waals surface area contributed by atoms with Crippen molar-refractivity contribution < 1.29 is 8.78 Å². The zero-order valence-electron chi connectivity index (χ0n) is 6.24. The highest BCUT2D eigenvalue weighted by molar-refractivity contribution is 9.10. The minimum Gasteiger partial charge on any atom is -0.205 e. The van der Waals surface area contributed by atoms with Crippen LogP contribution < -0.4 is 0 Å². The highest BCUT2D eigenvalue weighted by atomic mass is 79.9. The van der Waals surface area contributed by atoms with Crippen molar-refractivity contribution in [2.24, 2.45) is 0 Å². The van der Waals surface area contributed by atoms with Gasteiger partial charge in [0.05, 0.1) is 22.0 Å². The number of halogens is 4. The van der Waals surface area contributed by atoms with Crippen LogP contribution in [0, 0.1) is 23.0 Å². The van der Waals surface area contributed by atoms with E-state index in [0.717, 1.165) is 6.07 Å². The first kappa shape index (κ1) is 10.4. The molecule has 1 aromatic rings. The predicted molar refractivity (Wildman–Crippen MR) is 48.4 cm³/mol. The van der Waals surface area contributed by atoms with E-state index in [2.05, 4.69) is 15.9 Å². The third kappa shape index (κ3) is 1.98. The molecule has 0 aliphatic rings. The van der Waals surface area contributed by atoms with Gasteiger partial charge in [0, 0.05) is 5.56 Å². The molecule has 0 aliphatic carbocycles. The van der Waals surface area contributed by atoms with E-state index in [9.17, 15) is 8.78 Å². The molecule has 5 heteroatoms. The van der Waals surface area contributed by atoms with E-state index in [0.29, 0.717) is 0 Å². The van der Waals surface area contributed by atoms with Crippen LogP contribution in [0.1, 0.15) is 5.56 Å². The summed E-state index contributed by atoms with van der Waals surface area (Å²) in [6, 6.07) is 2.78. The van der Waals surface area contributed by atoms with Gasteiger partial charge in [-0.3, -0.25) is 0 Å². The van der Waals surface area contributed by atoms with Crippen molar-refractivity contribution >= 4 is 27.5 Å². The third-order valence-corrected chi connectivity index (χ3v) is 2.31. The molecule has 0 amide bonds. The Hall–Kier alpha value is -0.660. The molecule has 0 saturated carbocycles. The smallest absolute Gasteiger partial charge is 0.149 e. The van der Waals surface area contributed by atoms with E-state index < -0.39 is 11.6 Å². The third-order valence-electron chi connectivity index (χ3n) is 1.46. The monoisotopic (exact) mass is 265 g/mol. The molecule has 0 unspecified atom stereocenters.